The van der Waals surface area contributed by atoms with Crippen LogP contribution in [-0.4, -0.2) is 14.7 Å². The maximum Gasteiger partial charge on any atom is 0.294 e. The second kappa shape index (κ2) is 5.27. The van der Waals surface area contributed by atoms with Gasteiger partial charge in [-0.05, 0) is 12.5 Å². The molecule has 0 saturated heterocycles. The van der Waals surface area contributed by atoms with Gasteiger partial charge in [0.2, 0.25) is 0 Å². The van der Waals surface area contributed by atoms with Crippen molar-refractivity contribution in [2.75, 3.05) is 5.32 Å². The Balaban J connectivity index is 2.45. The third-order valence-corrected chi connectivity index (χ3v) is 3.00. The summed E-state index contributed by atoms with van der Waals surface area (Å²) in [4.78, 5) is 10.5. The molecule has 100 valence electrons. The fraction of sp³-hybridized carbons (Fsp3) is 0.250. The molecule has 0 unspecified atom stereocenters. The molecule has 0 saturated carbocycles. The van der Waals surface area contributed by atoms with E-state index in [1.54, 1.807) is 30.1 Å². The summed E-state index contributed by atoms with van der Waals surface area (Å²) in [5.41, 5.74) is 1.79. The molecule has 6 nitrogen and oxygen atoms in total. The number of aromatic nitrogens is 2. The van der Waals surface area contributed by atoms with Crippen molar-refractivity contribution in [1.82, 2.24) is 9.78 Å². The van der Waals surface area contributed by atoms with Gasteiger partial charge in [-0.3, -0.25) is 14.8 Å². The topological polar surface area (TPSA) is 73.0 Å². The normalized spacial score (nSPS) is 10.5. The zero-order valence-corrected chi connectivity index (χ0v) is 11.3. The third kappa shape index (κ3) is 2.68. The molecule has 1 aromatic heterocycles. The van der Waals surface area contributed by atoms with E-state index in [4.69, 9.17) is 11.6 Å². The first-order valence-electron chi connectivity index (χ1n) is 5.75. The van der Waals surface area contributed by atoms with Crippen LogP contribution in [-0.2, 0) is 13.5 Å². The van der Waals surface area contributed by atoms with Gasteiger partial charge in [-0.25, -0.2) is 0 Å². The van der Waals surface area contributed by atoms with Crippen LogP contribution in [0.4, 0.5) is 17.1 Å². The van der Waals surface area contributed by atoms with Gasteiger partial charge < -0.3 is 5.32 Å². The fourth-order valence-corrected chi connectivity index (χ4v) is 2.04. The highest BCUT2D eigenvalue weighted by Crippen LogP contribution is 2.35. The minimum Gasteiger partial charge on any atom is -0.346 e. The van der Waals surface area contributed by atoms with E-state index in [9.17, 15) is 10.1 Å². The lowest BCUT2D eigenvalue weighted by Gasteiger charge is -2.08. The molecule has 19 heavy (non-hydrogen) atoms. The van der Waals surface area contributed by atoms with E-state index in [1.165, 1.54) is 6.07 Å². The van der Waals surface area contributed by atoms with Crippen LogP contribution >= 0.6 is 11.6 Å². The van der Waals surface area contributed by atoms with Crippen molar-refractivity contribution in [3.05, 3.63) is 45.2 Å². The van der Waals surface area contributed by atoms with Crippen LogP contribution in [0.2, 0.25) is 5.02 Å². The molecule has 0 aliphatic rings. The number of rotatable bonds is 4. The lowest BCUT2D eigenvalue weighted by molar-refractivity contribution is -0.383. The molecule has 0 amide bonds. The summed E-state index contributed by atoms with van der Waals surface area (Å²) in [5, 5.41) is 18.6. The molecule has 0 bridgehead atoms. The molecule has 0 radical (unpaired) electrons. The molecule has 0 aliphatic heterocycles. The zero-order valence-electron chi connectivity index (χ0n) is 10.6. The van der Waals surface area contributed by atoms with Gasteiger partial charge in [0.25, 0.3) is 5.69 Å². The van der Waals surface area contributed by atoms with Gasteiger partial charge in [0.15, 0.2) is 0 Å². The Labute approximate surface area is 115 Å². The highest BCUT2D eigenvalue weighted by atomic mass is 35.5. The smallest absolute Gasteiger partial charge is 0.294 e. The van der Waals surface area contributed by atoms with Crippen LogP contribution in [0.15, 0.2) is 24.4 Å². The SMILES string of the molecule is CCc1nn(C)cc1Nc1c(Cl)cccc1[N+](=O)[O-]. The van der Waals surface area contributed by atoms with Gasteiger partial charge in [0, 0.05) is 19.3 Å². The average Bonchev–Trinajstić information content (AvgIpc) is 2.71. The van der Waals surface area contributed by atoms with Crippen LogP contribution in [0.3, 0.4) is 0 Å². The van der Waals surface area contributed by atoms with Crippen LogP contribution in [0.5, 0.6) is 0 Å². The van der Waals surface area contributed by atoms with E-state index in [2.05, 4.69) is 10.4 Å². The number of hydrogen-bond donors (Lipinski definition) is 1. The van der Waals surface area contributed by atoms with Crippen molar-refractivity contribution in [1.29, 1.82) is 0 Å². The van der Waals surface area contributed by atoms with Crippen molar-refractivity contribution < 1.29 is 4.92 Å². The first kappa shape index (κ1) is 13.4. The Bertz CT molecular complexity index is 624. The molecule has 1 aromatic carbocycles. The van der Waals surface area contributed by atoms with Crippen LogP contribution in [0.1, 0.15) is 12.6 Å². The van der Waals surface area contributed by atoms with Gasteiger partial charge in [0.1, 0.15) is 5.69 Å². The molecular weight excluding hydrogens is 268 g/mol. The quantitative estimate of drug-likeness (QED) is 0.689. The van der Waals surface area contributed by atoms with E-state index in [1.807, 2.05) is 6.92 Å². The van der Waals surface area contributed by atoms with E-state index >= 15 is 0 Å². The standard InChI is InChI=1S/C12H13ClN4O2/c1-3-9-10(7-16(2)15-9)14-12-8(13)5-4-6-11(12)17(18)19/h4-7,14H,3H2,1-2H3. The van der Waals surface area contributed by atoms with Crippen molar-refractivity contribution in [2.45, 2.75) is 13.3 Å². The average molecular weight is 281 g/mol. The van der Waals surface area contributed by atoms with Crippen LogP contribution in [0, 0.1) is 10.1 Å². The molecule has 0 spiro atoms. The molecular formula is C12H13ClN4O2. The van der Waals surface area contributed by atoms with Crippen molar-refractivity contribution >= 4 is 28.7 Å². The summed E-state index contributed by atoms with van der Waals surface area (Å²) in [7, 11) is 1.80. The number of anilines is 2. The number of halogens is 1. The number of nitrogens with one attached hydrogen (secondary N) is 1. The summed E-state index contributed by atoms with van der Waals surface area (Å²) >= 11 is 6.03. The van der Waals surface area contributed by atoms with Gasteiger partial charge in [0.05, 0.1) is 21.3 Å². The van der Waals surface area contributed by atoms with E-state index in [-0.39, 0.29) is 11.4 Å². The Morgan fingerprint density at radius 3 is 2.89 bits per heavy atom. The first-order chi connectivity index (χ1) is 9.02. The summed E-state index contributed by atoms with van der Waals surface area (Å²) in [6.07, 6.45) is 2.49. The number of benzene rings is 1. The zero-order chi connectivity index (χ0) is 14.0. The molecule has 2 aromatic rings. The molecule has 1 N–H and O–H groups in total. The van der Waals surface area contributed by atoms with E-state index < -0.39 is 4.92 Å². The Morgan fingerprint density at radius 2 is 2.26 bits per heavy atom. The van der Waals surface area contributed by atoms with Gasteiger partial charge in [-0.1, -0.05) is 24.6 Å². The number of nitrogens with zero attached hydrogens (tertiary/aromatic N) is 3. The Kier molecular flexibility index (Phi) is 3.71. The summed E-state index contributed by atoms with van der Waals surface area (Å²) in [5.74, 6) is 0. The Hall–Kier alpha value is -2.08. The van der Waals surface area contributed by atoms with Crippen molar-refractivity contribution in [3.8, 4) is 0 Å². The summed E-state index contributed by atoms with van der Waals surface area (Å²) < 4.78 is 1.66. The number of nitro groups is 1. The van der Waals surface area contributed by atoms with Crippen LogP contribution in [0.25, 0.3) is 0 Å². The van der Waals surface area contributed by atoms with Crippen molar-refractivity contribution in [2.24, 2.45) is 7.05 Å². The first-order valence-corrected chi connectivity index (χ1v) is 6.13. The lowest BCUT2D eigenvalue weighted by Crippen LogP contribution is -1.99. The van der Waals surface area contributed by atoms with E-state index in [0.29, 0.717) is 5.02 Å². The van der Waals surface area contributed by atoms with E-state index in [0.717, 1.165) is 17.8 Å². The molecule has 2 rings (SSSR count). The number of para-hydroxylation sites is 1. The fourth-order valence-electron chi connectivity index (χ4n) is 1.82. The number of nitro benzene ring substituents is 1. The largest absolute Gasteiger partial charge is 0.346 e. The van der Waals surface area contributed by atoms with Crippen LogP contribution < -0.4 is 5.32 Å². The van der Waals surface area contributed by atoms with Gasteiger partial charge in [-0.2, -0.15) is 5.10 Å². The lowest BCUT2D eigenvalue weighted by atomic mass is 10.2. The highest BCUT2D eigenvalue weighted by Gasteiger charge is 2.18. The Morgan fingerprint density at radius 1 is 1.53 bits per heavy atom. The predicted octanol–water partition coefficient (Wildman–Crippen LogP) is 3.29. The minimum absolute atomic E-state index is 0.0570. The summed E-state index contributed by atoms with van der Waals surface area (Å²) in [6, 6.07) is 4.57. The second-order valence-corrected chi connectivity index (χ2v) is 4.44. The molecule has 0 fully saturated rings. The maximum absolute atomic E-state index is 11.0. The molecule has 0 atom stereocenters. The maximum atomic E-state index is 11.0. The van der Waals surface area contributed by atoms with Gasteiger partial charge in [-0.15, -0.1) is 0 Å². The second-order valence-electron chi connectivity index (χ2n) is 4.03. The minimum atomic E-state index is -0.462. The summed E-state index contributed by atoms with van der Waals surface area (Å²) in [6.45, 7) is 1.97. The molecule has 0 aliphatic carbocycles. The van der Waals surface area contributed by atoms with Crippen molar-refractivity contribution in [3.63, 3.8) is 0 Å². The molecule has 1 heterocycles. The predicted molar refractivity (Wildman–Crippen MR) is 74.0 cm³/mol. The third-order valence-electron chi connectivity index (χ3n) is 2.69. The highest BCUT2D eigenvalue weighted by molar-refractivity contribution is 6.33. The number of hydrogen-bond acceptors (Lipinski definition) is 4. The monoisotopic (exact) mass is 280 g/mol. The number of aryl methyl sites for hydroxylation is 2. The molecule has 7 heteroatoms. The van der Waals surface area contributed by atoms with Gasteiger partial charge >= 0.3 is 0 Å².